The second-order valence-corrected chi connectivity index (χ2v) is 3.32. The third kappa shape index (κ3) is 1.59. The van der Waals surface area contributed by atoms with Gasteiger partial charge < -0.3 is 10.3 Å². The van der Waals surface area contributed by atoms with E-state index in [0.29, 0.717) is 5.95 Å². The smallest absolute Gasteiger partial charge is 0.220 e. The van der Waals surface area contributed by atoms with Crippen molar-refractivity contribution in [2.75, 3.05) is 5.73 Å². The molecule has 72 valence electrons. The first kappa shape index (κ1) is 8.74. The fourth-order valence-electron chi connectivity index (χ4n) is 1.39. The standard InChI is InChI=1S/C10H12N4/c1-7-5-9(13-10(11)12-7)8-3-4-14(2)6-8/h3-6H,1-2H3,(H2,11,12,13). The molecule has 0 aliphatic rings. The van der Waals surface area contributed by atoms with Crippen LogP contribution in [0.3, 0.4) is 0 Å². The molecule has 0 saturated heterocycles. The minimum absolute atomic E-state index is 0.323. The number of nitrogens with zero attached hydrogens (tertiary/aromatic N) is 3. The van der Waals surface area contributed by atoms with Gasteiger partial charge in [0.1, 0.15) is 0 Å². The monoisotopic (exact) mass is 188 g/mol. The molecule has 0 bridgehead atoms. The number of hydrogen-bond donors (Lipinski definition) is 1. The van der Waals surface area contributed by atoms with Gasteiger partial charge in [0.15, 0.2) is 0 Å². The summed E-state index contributed by atoms with van der Waals surface area (Å²) in [6.07, 6.45) is 3.98. The zero-order valence-corrected chi connectivity index (χ0v) is 8.23. The van der Waals surface area contributed by atoms with E-state index in [1.54, 1.807) is 0 Å². The van der Waals surface area contributed by atoms with Crippen LogP contribution in [0.5, 0.6) is 0 Å². The van der Waals surface area contributed by atoms with Gasteiger partial charge in [-0.2, -0.15) is 0 Å². The summed E-state index contributed by atoms with van der Waals surface area (Å²) in [7, 11) is 1.97. The number of aryl methyl sites for hydroxylation is 2. The number of hydrogen-bond acceptors (Lipinski definition) is 3. The highest BCUT2D eigenvalue weighted by atomic mass is 15.0. The maximum absolute atomic E-state index is 5.57. The predicted octanol–water partition coefficient (Wildman–Crippen LogP) is 1.37. The summed E-state index contributed by atoms with van der Waals surface area (Å²) in [6.45, 7) is 1.91. The summed E-state index contributed by atoms with van der Waals surface area (Å²) >= 11 is 0. The van der Waals surface area contributed by atoms with Crippen LogP contribution in [0, 0.1) is 6.92 Å². The van der Waals surface area contributed by atoms with Gasteiger partial charge in [-0.05, 0) is 19.1 Å². The molecule has 4 heteroatoms. The van der Waals surface area contributed by atoms with E-state index in [1.807, 2.05) is 43.1 Å². The highest BCUT2D eigenvalue weighted by Crippen LogP contribution is 2.18. The van der Waals surface area contributed by atoms with Gasteiger partial charge in [-0.1, -0.05) is 0 Å². The van der Waals surface area contributed by atoms with Crippen LogP contribution in [0.15, 0.2) is 24.5 Å². The molecule has 14 heavy (non-hydrogen) atoms. The predicted molar refractivity (Wildman–Crippen MR) is 55.6 cm³/mol. The molecule has 0 fully saturated rings. The average molecular weight is 188 g/mol. The molecule has 4 nitrogen and oxygen atoms in total. The molecule has 2 aromatic rings. The van der Waals surface area contributed by atoms with Gasteiger partial charge >= 0.3 is 0 Å². The van der Waals surface area contributed by atoms with Gasteiger partial charge in [0, 0.05) is 30.7 Å². The Labute approximate surface area is 82.4 Å². The lowest BCUT2D eigenvalue weighted by Crippen LogP contribution is -1.97. The summed E-state index contributed by atoms with van der Waals surface area (Å²) in [4.78, 5) is 8.20. The van der Waals surface area contributed by atoms with Crippen LogP contribution >= 0.6 is 0 Å². The van der Waals surface area contributed by atoms with Crippen molar-refractivity contribution in [3.8, 4) is 11.3 Å². The maximum atomic E-state index is 5.57. The van der Waals surface area contributed by atoms with Gasteiger partial charge in [0.05, 0.1) is 5.69 Å². The Balaban J connectivity index is 2.51. The lowest BCUT2D eigenvalue weighted by atomic mass is 10.2. The first-order valence-electron chi connectivity index (χ1n) is 4.38. The molecule has 2 aromatic heterocycles. The molecule has 0 amide bonds. The summed E-state index contributed by atoms with van der Waals surface area (Å²) in [6, 6.07) is 3.92. The SMILES string of the molecule is Cc1cc(-c2ccn(C)c2)nc(N)n1. The van der Waals surface area contributed by atoms with Gasteiger partial charge in [-0.15, -0.1) is 0 Å². The average Bonchev–Trinajstić information content (AvgIpc) is 2.50. The number of rotatable bonds is 1. The van der Waals surface area contributed by atoms with E-state index in [1.165, 1.54) is 0 Å². The maximum Gasteiger partial charge on any atom is 0.220 e. The molecule has 2 heterocycles. The minimum Gasteiger partial charge on any atom is -0.368 e. The molecule has 0 atom stereocenters. The highest BCUT2D eigenvalue weighted by molar-refractivity contribution is 5.59. The molecule has 0 aliphatic heterocycles. The lowest BCUT2D eigenvalue weighted by Gasteiger charge is -2.00. The van der Waals surface area contributed by atoms with Crippen molar-refractivity contribution in [2.24, 2.45) is 7.05 Å². The quantitative estimate of drug-likeness (QED) is 0.735. The van der Waals surface area contributed by atoms with Crippen LogP contribution in [0.1, 0.15) is 5.69 Å². The van der Waals surface area contributed by atoms with Crippen LogP contribution in [-0.4, -0.2) is 14.5 Å². The molecular formula is C10H12N4. The molecule has 0 radical (unpaired) electrons. The van der Waals surface area contributed by atoms with Crippen molar-refractivity contribution < 1.29 is 0 Å². The second kappa shape index (κ2) is 3.14. The van der Waals surface area contributed by atoms with Crippen molar-refractivity contribution in [3.05, 3.63) is 30.2 Å². The van der Waals surface area contributed by atoms with Crippen molar-refractivity contribution in [2.45, 2.75) is 6.92 Å². The van der Waals surface area contributed by atoms with Gasteiger partial charge in [-0.25, -0.2) is 9.97 Å². The third-order valence-electron chi connectivity index (χ3n) is 2.00. The molecule has 0 aromatic carbocycles. The fourth-order valence-corrected chi connectivity index (χ4v) is 1.39. The Morgan fingerprint density at radius 1 is 1.36 bits per heavy atom. The Morgan fingerprint density at radius 2 is 2.14 bits per heavy atom. The van der Waals surface area contributed by atoms with Crippen LogP contribution < -0.4 is 5.73 Å². The van der Waals surface area contributed by atoms with Gasteiger partial charge in [0.2, 0.25) is 5.95 Å². The summed E-state index contributed by atoms with van der Waals surface area (Å²) < 4.78 is 1.98. The molecule has 2 N–H and O–H groups in total. The van der Waals surface area contributed by atoms with Crippen LogP contribution in [0.2, 0.25) is 0 Å². The Hall–Kier alpha value is -1.84. The van der Waals surface area contributed by atoms with Crippen LogP contribution in [0.25, 0.3) is 11.3 Å². The van der Waals surface area contributed by atoms with Crippen molar-refractivity contribution >= 4 is 5.95 Å². The zero-order chi connectivity index (χ0) is 10.1. The van der Waals surface area contributed by atoms with E-state index in [0.717, 1.165) is 17.0 Å². The minimum atomic E-state index is 0.323. The van der Waals surface area contributed by atoms with E-state index < -0.39 is 0 Å². The lowest BCUT2D eigenvalue weighted by molar-refractivity contribution is 0.928. The van der Waals surface area contributed by atoms with E-state index >= 15 is 0 Å². The molecular weight excluding hydrogens is 176 g/mol. The summed E-state index contributed by atoms with van der Waals surface area (Å²) in [5, 5.41) is 0. The topological polar surface area (TPSA) is 56.7 Å². The zero-order valence-electron chi connectivity index (χ0n) is 8.23. The number of nitrogen functional groups attached to an aromatic ring is 1. The van der Waals surface area contributed by atoms with Gasteiger partial charge in [0.25, 0.3) is 0 Å². The molecule has 0 saturated carbocycles. The van der Waals surface area contributed by atoms with E-state index in [-0.39, 0.29) is 0 Å². The first-order chi connectivity index (χ1) is 6.65. The Bertz CT molecular complexity index is 439. The fraction of sp³-hybridized carbons (Fsp3) is 0.200. The second-order valence-electron chi connectivity index (χ2n) is 3.32. The molecule has 0 spiro atoms. The van der Waals surface area contributed by atoms with Crippen molar-refractivity contribution in [3.63, 3.8) is 0 Å². The number of aromatic nitrogens is 3. The van der Waals surface area contributed by atoms with Gasteiger partial charge in [-0.3, -0.25) is 0 Å². The van der Waals surface area contributed by atoms with E-state index in [2.05, 4.69) is 9.97 Å². The number of anilines is 1. The normalized spacial score (nSPS) is 10.4. The number of nitrogens with two attached hydrogens (primary N) is 1. The Kier molecular flexibility index (Phi) is 1.96. The molecule has 0 aliphatic carbocycles. The van der Waals surface area contributed by atoms with Crippen LogP contribution in [0.4, 0.5) is 5.95 Å². The first-order valence-corrected chi connectivity index (χ1v) is 4.38. The molecule has 0 unspecified atom stereocenters. The van der Waals surface area contributed by atoms with Crippen molar-refractivity contribution in [1.82, 2.24) is 14.5 Å². The Morgan fingerprint density at radius 3 is 2.71 bits per heavy atom. The molecule has 2 rings (SSSR count). The highest BCUT2D eigenvalue weighted by Gasteiger charge is 2.03. The van der Waals surface area contributed by atoms with Crippen molar-refractivity contribution in [1.29, 1.82) is 0 Å². The third-order valence-corrected chi connectivity index (χ3v) is 2.00. The van der Waals surface area contributed by atoms with Crippen LogP contribution in [-0.2, 0) is 7.05 Å². The van der Waals surface area contributed by atoms with E-state index in [4.69, 9.17) is 5.73 Å². The summed E-state index contributed by atoms with van der Waals surface area (Å²) in [5.41, 5.74) is 8.39. The largest absolute Gasteiger partial charge is 0.368 e. The summed E-state index contributed by atoms with van der Waals surface area (Å²) in [5.74, 6) is 0.323. The van der Waals surface area contributed by atoms with E-state index in [9.17, 15) is 0 Å².